The Morgan fingerprint density at radius 1 is 1.69 bits per heavy atom. The van der Waals surface area contributed by atoms with E-state index in [0.29, 0.717) is 18.0 Å². The van der Waals surface area contributed by atoms with Crippen molar-refractivity contribution < 1.29 is 9.53 Å². The summed E-state index contributed by atoms with van der Waals surface area (Å²) in [5.41, 5.74) is 11.3. The molecule has 1 aromatic rings. The molecule has 2 rings (SSSR count). The van der Waals surface area contributed by atoms with Gasteiger partial charge >= 0.3 is 0 Å². The average Bonchev–Trinajstić information content (AvgIpc) is 2.60. The van der Waals surface area contributed by atoms with Crippen molar-refractivity contribution in [3.63, 3.8) is 0 Å². The standard InChI is InChI=1S/C10H16N4O2/c1-6-4-7(2-3-16-6)14-9(11)8(5-13-14)10(12)15/h5-7H,2-4,11H2,1H3,(H2,12,15)/t6-,7?/m0/s1. The minimum Gasteiger partial charge on any atom is -0.383 e. The van der Waals surface area contributed by atoms with Crippen LogP contribution in [0.2, 0.25) is 0 Å². The number of hydrogen-bond donors (Lipinski definition) is 2. The van der Waals surface area contributed by atoms with E-state index in [1.807, 2.05) is 6.92 Å². The first-order chi connectivity index (χ1) is 7.59. The second-order valence-corrected chi connectivity index (χ2v) is 4.11. The highest BCUT2D eigenvalue weighted by Crippen LogP contribution is 2.27. The normalized spacial score (nSPS) is 25.6. The van der Waals surface area contributed by atoms with E-state index < -0.39 is 5.91 Å². The van der Waals surface area contributed by atoms with Crippen LogP contribution in [0.25, 0.3) is 0 Å². The lowest BCUT2D eigenvalue weighted by molar-refractivity contribution is 0.00399. The summed E-state index contributed by atoms with van der Waals surface area (Å²) in [5.74, 6) is -0.185. The van der Waals surface area contributed by atoms with Crippen LogP contribution in [0.1, 0.15) is 36.2 Å². The fourth-order valence-electron chi connectivity index (χ4n) is 2.05. The molecule has 1 amide bonds. The summed E-state index contributed by atoms with van der Waals surface area (Å²) < 4.78 is 7.13. The van der Waals surface area contributed by atoms with Gasteiger partial charge in [0, 0.05) is 6.61 Å². The van der Waals surface area contributed by atoms with Gasteiger partial charge in [-0.1, -0.05) is 0 Å². The lowest BCUT2D eigenvalue weighted by atomic mass is 10.0. The molecule has 4 N–H and O–H groups in total. The van der Waals surface area contributed by atoms with Gasteiger partial charge < -0.3 is 16.2 Å². The smallest absolute Gasteiger partial charge is 0.254 e. The Morgan fingerprint density at radius 2 is 2.44 bits per heavy atom. The van der Waals surface area contributed by atoms with Gasteiger partial charge in [-0.15, -0.1) is 0 Å². The highest BCUT2D eigenvalue weighted by Gasteiger charge is 2.24. The Labute approximate surface area is 93.5 Å². The Bertz CT molecular complexity index is 402. The molecule has 0 aliphatic carbocycles. The fraction of sp³-hybridized carbons (Fsp3) is 0.600. The van der Waals surface area contributed by atoms with E-state index in [0.717, 1.165) is 12.8 Å². The molecule has 0 spiro atoms. The first kappa shape index (κ1) is 10.9. The number of hydrogen-bond acceptors (Lipinski definition) is 4. The molecule has 0 radical (unpaired) electrons. The van der Waals surface area contributed by atoms with Crippen LogP contribution in [0.5, 0.6) is 0 Å². The summed E-state index contributed by atoms with van der Waals surface area (Å²) >= 11 is 0. The van der Waals surface area contributed by atoms with Gasteiger partial charge in [-0.2, -0.15) is 5.10 Å². The maximum Gasteiger partial charge on any atom is 0.254 e. The SMILES string of the molecule is C[C@H]1CC(n2ncc(C(N)=O)c2N)CCO1. The lowest BCUT2D eigenvalue weighted by Crippen LogP contribution is -2.27. The molecule has 1 unspecified atom stereocenters. The third-order valence-electron chi connectivity index (χ3n) is 2.90. The van der Waals surface area contributed by atoms with Gasteiger partial charge in [0.1, 0.15) is 11.4 Å². The Morgan fingerprint density at radius 3 is 3.00 bits per heavy atom. The van der Waals surface area contributed by atoms with Gasteiger partial charge in [-0.3, -0.25) is 4.79 Å². The first-order valence-corrected chi connectivity index (χ1v) is 5.34. The molecule has 6 heteroatoms. The molecule has 1 aliphatic rings. The van der Waals surface area contributed by atoms with Crippen molar-refractivity contribution in [3.8, 4) is 0 Å². The zero-order valence-corrected chi connectivity index (χ0v) is 9.22. The molecule has 1 fully saturated rings. The Kier molecular flexibility index (Phi) is 2.82. The molecule has 0 saturated carbocycles. The molecule has 1 aromatic heterocycles. The third kappa shape index (κ3) is 1.88. The van der Waals surface area contributed by atoms with Crippen molar-refractivity contribution in [2.75, 3.05) is 12.3 Å². The number of carbonyl (C=O) groups excluding carboxylic acids is 1. The number of nitrogen functional groups attached to an aromatic ring is 1. The number of nitrogens with two attached hydrogens (primary N) is 2. The third-order valence-corrected chi connectivity index (χ3v) is 2.90. The van der Waals surface area contributed by atoms with Gasteiger partial charge in [0.05, 0.1) is 18.3 Å². The number of nitrogens with zero attached hydrogens (tertiary/aromatic N) is 2. The van der Waals surface area contributed by atoms with E-state index in [-0.39, 0.29) is 12.1 Å². The summed E-state index contributed by atoms with van der Waals surface area (Å²) in [5, 5.41) is 4.13. The van der Waals surface area contributed by atoms with Crippen molar-refractivity contribution in [2.24, 2.45) is 5.73 Å². The molecule has 0 aromatic carbocycles. The number of ether oxygens (including phenoxy) is 1. The van der Waals surface area contributed by atoms with Gasteiger partial charge in [0.2, 0.25) is 0 Å². The summed E-state index contributed by atoms with van der Waals surface area (Å²) in [6, 6.07) is 0.192. The molecule has 2 atom stereocenters. The van der Waals surface area contributed by atoms with Crippen molar-refractivity contribution in [2.45, 2.75) is 31.9 Å². The van der Waals surface area contributed by atoms with Crippen LogP contribution >= 0.6 is 0 Å². The quantitative estimate of drug-likeness (QED) is 0.755. The Balaban J connectivity index is 2.23. The van der Waals surface area contributed by atoms with Gasteiger partial charge in [0.25, 0.3) is 5.91 Å². The van der Waals surface area contributed by atoms with Crippen molar-refractivity contribution >= 4 is 11.7 Å². The van der Waals surface area contributed by atoms with Crippen LogP contribution in [0.4, 0.5) is 5.82 Å². The molecule has 2 heterocycles. The summed E-state index contributed by atoms with van der Waals surface area (Å²) in [4.78, 5) is 11.0. The predicted molar refractivity (Wildman–Crippen MR) is 58.8 cm³/mol. The Hall–Kier alpha value is -1.56. The highest BCUT2D eigenvalue weighted by atomic mass is 16.5. The molecular weight excluding hydrogens is 208 g/mol. The minimum atomic E-state index is -0.538. The largest absolute Gasteiger partial charge is 0.383 e. The van der Waals surface area contributed by atoms with Crippen LogP contribution in [0.15, 0.2) is 6.20 Å². The summed E-state index contributed by atoms with van der Waals surface area (Å²) in [6.45, 7) is 2.71. The number of anilines is 1. The van der Waals surface area contributed by atoms with Crippen molar-refractivity contribution in [1.29, 1.82) is 0 Å². The molecule has 0 bridgehead atoms. The molecule has 88 valence electrons. The molecular formula is C10H16N4O2. The van der Waals surface area contributed by atoms with E-state index in [1.54, 1.807) is 4.68 Å². The topological polar surface area (TPSA) is 96.2 Å². The summed E-state index contributed by atoms with van der Waals surface area (Å²) in [6.07, 6.45) is 3.33. The van der Waals surface area contributed by atoms with Crippen molar-refractivity contribution in [3.05, 3.63) is 11.8 Å². The fourth-order valence-corrected chi connectivity index (χ4v) is 2.05. The zero-order chi connectivity index (χ0) is 11.7. The molecule has 1 aliphatic heterocycles. The van der Waals surface area contributed by atoms with Crippen LogP contribution < -0.4 is 11.5 Å². The second kappa shape index (κ2) is 4.13. The van der Waals surface area contributed by atoms with Crippen LogP contribution in [-0.4, -0.2) is 28.4 Å². The number of primary amides is 1. The first-order valence-electron chi connectivity index (χ1n) is 5.34. The summed E-state index contributed by atoms with van der Waals surface area (Å²) in [7, 11) is 0. The number of carbonyl (C=O) groups is 1. The zero-order valence-electron chi connectivity index (χ0n) is 9.22. The lowest BCUT2D eigenvalue weighted by Gasteiger charge is -2.28. The van der Waals surface area contributed by atoms with E-state index in [1.165, 1.54) is 6.20 Å². The predicted octanol–water partition coefficient (Wildman–Crippen LogP) is 0.304. The van der Waals surface area contributed by atoms with Crippen molar-refractivity contribution in [1.82, 2.24) is 9.78 Å². The van der Waals surface area contributed by atoms with Gasteiger partial charge in [0.15, 0.2) is 0 Å². The molecule has 6 nitrogen and oxygen atoms in total. The number of aromatic nitrogens is 2. The maximum absolute atomic E-state index is 11.0. The minimum absolute atomic E-state index is 0.192. The van der Waals surface area contributed by atoms with E-state index in [2.05, 4.69) is 5.10 Å². The van der Waals surface area contributed by atoms with Gasteiger partial charge in [-0.25, -0.2) is 4.68 Å². The van der Waals surface area contributed by atoms with Crippen LogP contribution in [0, 0.1) is 0 Å². The van der Waals surface area contributed by atoms with Crippen LogP contribution in [-0.2, 0) is 4.74 Å². The van der Waals surface area contributed by atoms with Crippen LogP contribution in [0.3, 0.4) is 0 Å². The van der Waals surface area contributed by atoms with E-state index in [9.17, 15) is 4.79 Å². The number of rotatable bonds is 2. The maximum atomic E-state index is 11.0. The second-order valence-electron chi connectivity index (χ2n) is 4.11. The van der Waals surface area contributed by atoms with E-state index >= 15 is 0 Å². The number of amides is 1. The monoisotopic (exact) mass is 224 g/mol. The molecule has 1 saturated heterocycles. The van der Waals surface area contributed by atoms with Gasteiger partial charge in [-0.05, 0) is 19.8 Å². The average molecular weight is 224 g/mol. The molecule has 16 heavy (non-hydrogen) atoms. The van der Waals surface area contributed by atoms with E-state index in [4.69, 9.17) is 16.2 Å². The highest BCUT2D eigenvalue weighted by molar-refractivity contribution is 5.96.